The van der Waals surface area contributed by atoms with Crippen molar-refractivity contribution < 1.29 is 4.79 Å². The van der Waals surface area contributed by atoms with Crippen LogP contribution in [0.4, 0.5) is 0 Å². The second-order valence-electron chi connectivity index (χ2n) is 6.10. The van der Waals surface area contributed by atoms with E-state index in [1.165, 1.54) is 12.8 Å². The second kappa shape index (κ2) is 10.0. The number of carbonyl (C=O) groups excluding carboxylic acids is 1. The Kier molecular flexibility index (Phi) is 7.70. The van der Waals surface area contributed by atoms with Gasteiger partial charge in [0.25, 0.3) is 0 Å². The maximum absolute atomic E-state index is 12.0. The Labute approximate surface area is 154 Å². The van der Waals surface area contributed by atoms with E-state index in [-0.39, 0.29) is 24.9 Å². The Morgan fingerprint density at radius 1 is 1.32 bits per heavy atom. The Bertz CT molecular complexity index is 678. The number of nitrogens with one attached hydrogen (secondary N) is 2. The SMILES string of the molecule is Cl.O=C(Cn1ccc(C2CCCNC2)n1)NCC=Cc1ccccc1. The van der Waals surface area contributed by atoms with Crippen molar-refractivity contribution in [3.63, 3.8) is 0 Å². The van der Waals surface area contributed by atoms with Crippen LogP contribution in [0.15, 0.2) is 48.7 Å². The van der Waals surface area contributed by atoms with Crippen LogP contribution in [0, 0.1) is 0 Å². The van der Waals surface area contributed by atoms with Gasteiger partial charge in [-0.05, 0) is 31.0 Å². The average Bonchev–Trinajstić information content (AvgIpc) is 3.09. The predicted molar refractivity (Wildman–Crippen MR) is 103 cm³/mol. The monoisotopic (exact) mass is 360 g/mol. The molecule has 2 N–H and O–H groups in total. The molecule has 25 heavy (non-hydrogen) atoms. The number of aromatic nitrogens is 2. The molecule has 134 valence electrons. The van der Waals surface area contributed by atoms with Crippen LogP contribution < -0.4 is 10.6 Å². The highest BCUT2D eigenvalue weighted by Crippen LogP contribution is 2.21. The number of hydrogen-bond donors (Lipinski definition) is 2. The fraction of sp³-hybridized carbons (Fsp3) is 0.368. The number of amides is 1. The molecule has 1 aromatic heterocycles. The van der Waals surface area contributed by atoms with Crippen LogP contribution in [-0.2, 0) is 11.3 Å². The molecule has 1 fully saturated rings. The first-order valence-electron chi connectivity index (χ1n) is 8.53. The summed E-state index contributed by atoms with van der Waals surface area (Å²) in [5.41, 5.74) is 2.21. The summed E-state index contributed by atoms with van der Waals surface area (Å²) in [6.07, 6.45) is 8.20. The standard InChI is InChI=1S/C19H24N4O.ClH/c24-19(21-12-4-8-16-6-2-1-3-7-16)15-23-13-10-18(22-23)17-9-5-11-20-14-17;/h1-4,6-8,10,13,17,20H,5,9,11-12,14-15H2,(H,21,24);1H. The lowest BCUT2D eigenvalue weighted by molar-refractivity contribution is -0.121. The van der Waals surface area contributed by atoms with Crippen LogP contribution >= 0.6 is 12.4 Å². The molecule has 1 aromatic carbocycles. The number of hydrogen-bond acceptors (Lipinski definition) is 3. The number of nitrogens with zero attached hydrogens (tertiary/aromatic N) is 2. The molecule has 6 heteroatoms. The van der Waals surface area contributed by atoms with Gasteiger partial charge in [0.05, 0.1) is 5.69 Å². The number of carbonyl (C=O) groups is 1. The topological polar surface area (TPSA) is 59.0 Å². The molecule has 0 aliphatic carbocycles. The Hall–Kier alpha value is -2.11. The third-order valence-corrected chi connectivity index (χ3v) is 4.21. The first-order valence-corrected chi connectivity index (χ1v) is 8.53. The Morgan fingerprint density at radius 2 is 2.16 bits per heavy atom. The van der Waals surface area contributed by atoms with Crippen molar-refractivity contribution in [2.24, 2.45) is 0 Å². The van der Waals surface area contributed by atoms with Gasteiger partial charge < -0.3 is 10.6 Å². The van der Waals surface area contributed by atoms with Crippen molar-refractivity contribution in [3.05, 3.63) is 59.9 Å². The van der Waals surface area contributed by atoms with Gasteiger partial charge in [0.2, 0.25) is 5.91 Å². The molecular weight excluding hydrogens is 336 g/mol. The maximum atomic E-state index is 12.0. The van der Waals surface area contributed by atoms with Crippen LogP contribution in [-0.4, -0.2) is 35.3 Å². The van der Waals surface area contributed by atoms with Gasteiger partial charge in [-0.25, -0.2) is 0 Å². The van der Waals surface area contributed by atoms with E-state index in [9.17, 15) is 4.79 Å². The van der Waals surface area contributed by atoms with Gasteiger partial charge in [0.1, 0.15) is 6.54 Å². The van der Waals surface area contributed by atoms with Gasteiger partial charge in [-0.2, -0.15) is 5.10 Å². The van der Waals surface area contributed by atoms with Crippen LogP contribution in [0.3, 0.4) is 0 Å². The van der Waals surface area contributed by atoms with Crippen molar-refractivity contribution in [3.8, 4) is 0 Å². The minimum atomic E-state index is -0.0240. The lowest BCUT2D eigenvalue weighted by atomic mass is 9.97. The van der Waals surface area contributed by atoms with Crippen molar-refractivity contribution >= 4 is 24.4 Å². The molecule has 0 spiro atoms. The molecule has 0 radical (unpaired) electrons. The molecule has 1 unspecified atom stereocenters. The van der Waals surface area contributed by atoms with Crippen molar-refractivity contribution in [2.75, 3.05) is 19.6 Å². The highest BCUT2D eigenvalue weighted by molar-refractivity contribution is 5.85. The molecule has 0 saturated carbocycles. The molecule has 1 amide bonds. The summed E-state index contributed by atoms with van der Waals surface area (Å²) in [6, 6.07) is 12.1. The normalized spacial score (nSPS) is 17.2. The zero-order chi connectivity index (χ0) is 16.6. The van der Waals surface area contributed by atoms with Crippen molar-refractivity contribution in [2.45, 2.75) is 25.3 Å². The van der Waals surface area contributed by atoms with Gasteiger partial charge in [-0.1, -0.05) is 42.5 Å². The summed E-state index contributed by atoms with van der Waals surface area (Å²) >= 11 is 0. The second-order valence-corrected chi connectivity index (χ2v) is 6.10. The van der Waals surface area contributed by atoms with Crippen LogP contribution in [0.2, 0.25) is 0 Å². The largest absolute Gasteiger partial charge is 0.351 e. The highest BCUT2D eigenvalue weighted by Gasteiger charge is 2.17. The Morgan fingerprint density at radius 3 is 2.92 bits per heavy atom. The minimum Gasteiger partial charge on any atom is -0.351 e. The average molecular weight is 361 g/mol. The van der Waals surface area contributed by atoms with Crippen LogP contribution in [0.1, 0.15) is 30.0 Å². The van der Waals surface area contributed by atoms with Gasteiger partial charge >= 0.3 is 0 Å². The fourth-order valence-electron chi connectivity index (χ4n) is 2.92. The number of halogens is 1. The third kappa shape index (κ3) is 6.03. The number of piperidine rings is 1. The van der Waals surface area contributed by atoms with E-state index in [0.29, 0.717) is 12.5 Å². The lowest BCUT2D eigenvalue weighted by Crippen LogP contribution is -2.29. The van der Waals surface area contributed by atoms with Crippen LogP contribution in [0.5, 0.6) is 0 Å². The molecule has 1 saturated heterocycles. The van der Waals surface area contributed by atoms with E-state index >= 15 is 0 Å². The molecule has 5 nitrogen and oxygen atoms in total. The summed E-state index contributed by atoms with van der Waals surface area (Å²) in [7, 11) is 0. The first kappa shape index (κ1) is 19.2. The molecule has 1 atom stereocenters. The zero-order valence-corrected chi connectivity index (χ0v) is 15.0. The van der Waals surface area contributed by atoms with Gasteiger partial charge in [-0.15, -0.1) is 12.4 Å². The summed E-state index contributed by atoms with van der Waals surface area (Å²) in [5.74, 6) is 0.445. The number of benzene rings is 1. The molecular formula is C19H25ClN4O. The third-order valence-electron chi connectivity index (χ3n) is 4.21. The summed E-state index contributed by atoms with van der Waals surface area (Å²) < 4.78 is 1.72. The van der Waals surface area contributed by atoms with E-state index in [0.717, 1.165) is 24.3 Å². The van der Waals surface area contributed by atoms with Gasteiger partial charge in [-0.3, -0.25) is 9.48 Å². The summed E-state index contributed by atoms with van der Waals surface area (Å²) in [4.78, 5) is 12.0. The minimum absolute atomic E-state index is 0. The van der Waals surface area contributed by atoms with Crippen molar-refractivity contribution in [1.82, 2.24) is 20.4 Å². The summed E-state index contributed by atoms with van der Waals surface area (Å²) in [5, 5.41) is 10.8. The van der Waals surface area contributed by atoms with E-state index in [1.807, 2.05) is 54.7 Å². The first-order chi connectivity index (χ1) is 11.8. The van der Waals surface area contributed by atoms with Gasteiger partial charge in [0.15, 0.2) is 0 Å². The van der Waals surface area contributed by atoms with E-state index in [4.69, 9.17) is 0 Å². The molecule has 2 heterocycles. The van der Waals surface area contributed by atoms with E-state index in [2.05, 4.69) is 15.7 Å². The lowest BCUT2D eigenvalue weighted by Gasteiger charge is -2.20. The van der Waals surface area contributed by atoms with Gasteiger partial charge in [0, 0.05) is 25.2 Å². The maximum Gasteiger partial charge on any atom is 0.241 e. The number of rotatable bonds is 6. The molecule has 2 aromatic rings. The van der Waals surface area contributed by atoms with E-state index in [1.54, 1.807) is 4.68 Å². The molecule has 3 rings (SSSR count). The smallest absolute Gasteiger partial charge is 0.241 e. The highest BCUT2D eigenvalue weighted by atomic mass is 35.5. The van der Waals surface area contributed by atoms with E-state index < -0.39 is 0 Å². The van der Waals surface area contributed by atoms with Crippen molar-refractivity contribution in [1.29, 1.82) is 0 Å². The summed E-state index contributed by atoms with van der Waals surface area (Å²) in [6.45, 7) is 2.86. The fourth-order valence-corrected chi connectivity index (χ4v) is 2.92. The predicted octanol–water partition coefficient (Wildman–Crippen LogP) is 2.60. The zero-order valence-electron chi connectivity index (χ0n) is 14.2. The molecule has 1 aliphatic heterocycles. The quantitative estimate of drug-likeness (QED) is 0.832. The molecule has 0 bridgehead atoms. The van der Waals surface area contributed by atoms with Crippen LogP contribution in [0.25, 0.3) is 6.08 Å². The molecule has 1 aliphatic rings. The Balaban J connectivity index is 0.00000225.